The van der Waals surface area contributed by atoms with Crippen molar-refractivity contribution in [2.45, 2.75) is 19.0 Å². The first kappa shape index (κ1) is 18.4. The number of nitrogens with one attached hydrogen (secondary N) is 1. The van der Waals surface area contributed by atoms with Gasteiger partial charge in [-0.05, 0) is 30.5 Å². The first-order chi connectivity index (χ1) is 11.9. The van der Waals surface area contributed by atoms with Crippen LogP contribution in [0.15, 0.2) is 47.8 Å². The molecule has 0 spiro atoms. The number of thiophene rings is 1. The zero-order valence-electron chi connectivity index (χ0n) is 14.6. The Morgan fingerprint density at radius 3 is 2.28 bits per heavy atom. The third-order valence-electron chi connectivity index (χ3n) is 4.54. The van der Waals surface area contributed by atoms with Crippen molar-refractivity contribution < 1.29 is 8.42 Å². The van der Waals surface area contributed by atoms with Crippen LogP contribution in [0, 0.1) is 0 Å². The van der Waals surface area contributed by atoms with Crippen LogP contribution in [0.2, 0.25) is 0 Å². The van der Waals surface area contributed by atoms with E-state index in [-0.39, 0.29) is 12.1 Å². The molecule has 1 aliphatic heterocycles. The number of rotatable bonds is 6. The van der Waals surface area contributed by atoms with E-state index in [1.807, 2.05) is 19.1 Å². The first-order valence-corrected chi connectivity index (χ1v) is 11.3. The summed E-state index contributed by atoms with van der Waals surface area (Å²) in [5.41, 5.74) is 1.25. The average Bonchev–Trinajstić information content (AvgIpc) is 3.09. The molecule has 1 fully saturated rings. The van der Waals surface area contributed by atoms with E-state index in [9.17, 15) is 8.42 Å². The molecule has 0 bridgehead atoms. The Morgan fingerprint density at radius 1 is 1.04 bits per heavy atom. The maximum atomic E-state index is 11.7. The molecule has 0 aliphatic carbocycles. The molecule has 1 N–H and O–H groups in total. The fourth-order valence-corrected chi connectivity index (χ4v) is 5.27. The predicted molar refractivity (Wildman–Crippen MR) is 105 cm³/mol. The molecule has 1 aromatic heterocycles. The Kier molecular flexibility index (Phi) is 5.78. The van der Waals surface area contributed by atoms with E-state index < -0.39 is 10.0 Å². The van der Waals surface area contributed by atoms with E-state index in [0.717, 1.165) is 26.2 Å². The molecule has 25 heavy (non-hydrogen) atoms. The molecule has 0 unspecified atom stereocenters. The fraction of sp³-hybridized carbons (Fsp3) is 0.444. The number of hydrogen-bond acceptors (Lipinski definition) is 5. The number of para-hydroxylation sites is 1. The smallest absolute Gasteiger partial charge is 0.209 e. The molecule has 1 saturated heterocycles. The molecule has 136 valence electrons. The van der Waals surface area contributed by atoms with E-state index in [1.54, 1.807) is 11.3 Å². The van der Waals surface area contributed by atoms with Crippen molar-refractivity contribution in [3.05, 3.63) is 52.7 Å². The zero-order chi connectivity index (χ0) is 17.9. The Labute approximate surface area is 154 Å². The summed E-state index contributed by atoms with van der Waals surface area (Å²) in [5.74, 6) is 0. The molecular weight excluding hydrogens is 354 g/mol. The maximum absolute atomic E-state index is 11.7. The first-order valence-electron chi connectivity index (χ1n) is 8.49. The molecule has 3 rings (SSSR count). The molecule has 7 heteroatoms. The number of anilines is 1. The molecule has 0 amide bonds. The van der Waals surface area contributed by atoms with Gasteiger partial charge in [0.2, 0.25) is 10.0 Å². The second-order valence-corrected chi connectivity index (χ2v) is 9.26. The quantitative estimate of drug-likeness (QED) is 0.838. The van der Waals surface area contributed by atoms with Crippen LogP contribution in [-0.4, -0.2) is 51.8 Å². The second kappa shape index (κ2) is 7.86. The number of nitrogens with zero attached hydrogens (tertiary/aromatic N) is 2. The van der Waals surface area contributed by atoms with Gasteiger partial charge in [-0.2, -0.15) is 0 Å². The molecular formula is C18H25N3O2S2. The van der Waals surface area contributed by atoms with Gasteiger partial charge in [-0.25, -0.2) is 13.1 Å². The van der Waals surface area contributed by atoms with Crippen molar-refractivity contribution >= 4 is 27.0 Å². The summed E-state index contributed by atoms with van der Waals surface area (Å²) in [6.45, 7) is 5.66. The standard InChI is InChI=1S/C18H25N3O2S2/c1-15(19-25(2,22)23)18(17-9-6-14-24-17)21-12-10-20(11-13-21)16-7-4-3-5-8-16/h3-9,14-15,18-19H,10-13H2,1-2H3/t15-,18+/m0/s1. The van der Waals surface area contributed by atoms with Crippen LogP contribution in [0.1, 0.15) is 17.8 Å². The molecule has 2 atom stereocenters. The van der Waals surface area contributed by atoms with Crippen molar-refractivity contribution in [3.63, 3.8) is 0 Å². The van der Waals surface area contributed by atoms with Crippen molar-refractivity contribution in [2.75, 3.05) is 37.3 Å². The number of benzene rings is 1. The van der Waals surface area contributed by atoms with Crippen LogP contribution < -0.4 is 9.62 Å². The molecule has 5 nitrogen and oxygen atoms in total. The SMILES string of the molecule is C[C@H](NS(C)(=O)=O)[C@H](c1cccs1)N1CCN(c2ccccc2)CC1. The van der Waals surface area contributed by atoms with Crippen LogP contribution >= 0.6 is 11.3 Å². The van der Waals surface area contributed by atoms with Crippen LogP contribution in [-0.2, 0) is 10.0 Å². The molecule has 1 aromatic carbocycles. The van der Waals surface area contributed by atoms with Crippen molar-refractivity contribution in [1.82, 2.24) is 9.62 Å². The lowest BCUT2D eigenvalue weighted by Gasteiger charge is -2.42. The van der Waals surface area contributed by atoms with Gasteiger partial charge >= 0.3 is 0 Å². The highest BCUT2D eigenvalue weighted by atomic mass is 32.2. The lowest BCUT2D eigenvalue weighted by atomic mass is 10.1. The highest BCUT2D eigenvalue weighted by molar-refractivity contribution is 7.88. The lowest BCUT2D eigenvalue weighted by molar-refractivity contribution is 0.164. The summed E-state index contributed by atoms with van der Waals surface area (Å²) in [7, 11) is -3.23. The van der Waals surface area contributed by atoms with E-state index >= 15 is 0 Å². The van der Waals surface area contributed by atoms with Gasteiger partial charge in [0.05, 0.1) is 12.3 Å². The van der Waals surface area contributed by atoms with Crippen LogP contribution in [0.5, 0.6) is 0 Å². The van der Waals surface area contributed by atoms with Gasteiger partial charge in [0.15, 0.2) is 0 Å². The predicted octanol–water partition coefficient (Wildman–Crippen LogP) is 2.55. The maximum Gasteiger partial charge on any atom is 0.209 e. The van der Waals surface area contributed by atoms with Crippen LogP contribution in [0.25, 0.3) is 0 Å². The second-order valence-electron chi connectivity index (χ2n) is 6.50. The van der Waals surface area contributed by atoms with Gasteiger partial charge in [0.25, 0.3) is 0 Å². The van der Waals surface area contributed by atoms with Gasteiger partial charge in [0, 0.05) is 42.8 Å². The molecule has 0 saturated carbocycles. The summed E-state index contributed by atoms with van der Waals surface area (Å²) in [6, 6.07) is 14.5. The van der Waals surface area contributed by atoms with E-state index in [2.05, 4.69) is 50.2 Å². The zero-order valence-corrected chi connectivity index (χ0v) is 16.3. The van der Waals surface area contributed by atoms with Gasteiger partial charge < -0.3 is 4.90 Å². The third-order valence-corrected chi connectivity index (χ3v) is 6.28. The summed E-state index contributed by atoms with van der Waals surface area (Å²) in [4.78, 5) is 5.99. The fourth-order valence-electron chi connectivity index (χ4n) is 3.50. The Balaban J connectivity index is 1.72. The van der Waals surface area contributed by atoms with Crippen LogP contribution in [0.3, 0.4) is 0 Å². The van der Waals surface area contributed by atoms with E-state index in [1.165, 1.54) is 16.8 Å². The Bertz CT molecular complexity index is 755. The highest BCUT2D eigenvalue weighted by Gasteiger charge is 2.31. The molecule has 0 radical (unpaired) electrons. The average molecular weight is 380 g/mol. The lowest BCUT2D eigenvalue weighted by Crippen LogP contribution is -2.52. The van der Waals surface area contributed by atoms with Crippen molar-refractivity contribution in [1.29, 1.82) is 0 Å². The van der Waals surface area contributed by atoms with Gasteiger partial charge in [-0.1, -0.05) is 24.3 Å². The largest absolute Gasteiger partial charge is 0.369 e. The minimum atomic E-state index is -3.23. The monoisotopic (exact) mass is 379 g/mol. The van der Waals surface area contributed by atoms with E-state index in [4.69, 9.17) is 0 Å². The molecule has 1 aliphatic rings. The Hall–Kier alpha value is -1.41. The molecule has 2 heterocycles. The topological polar surface area (TPSA) is 52.7 Å². The van der Waals surface area contributed by atoms with E-state index in [0.29, 0.717) is 0 Å². The summed E-state index contributed by atoms with van der Waals surface area (Å²) in [6.07, 6.45) is 1.22. The molecule has 2 aromatic rings. The number of hydrogen-bond donors (Lipinski definition) is 1. The van der Waals surface area contributed by atoms with Crippen LogP contribution in [0.4, 0.5) is 5.69 Å². The minimum absolute atomic E-state index is 0.0626. The van der Waals surface area contributed by atoms with Gasteiger partial charge in [-0.15, -0.1) is 11.3 Å². The number of piperazine rings is 1. The summed E-state index contributed by atoms with van der Waals surface area (Å²) < 4.78 is 26.2. The normalized spacial score (nSPS) is 18.9. The van der Waals surface area contributed by atoms with Crippen molar-refractivity contribution in [2.24, 2.45) is 0 Å². The number of sulfonamides is 1. The minimum Gasteiger partial charge on any atom is -0.369 e. The third kappa shape index (κ3) is 4.82. The van der Waals surface area contributed by atoms with Crippen molar-refractivity contribution in [3.8, 4) is 0 Å². The highest BCUT2D eigenvalue weighted by Crippen LogP contribution is 2.30. The Morgan fingerprint density at radius 2 is 1.72 bits per heavy atom. The summed E-state index contributed by atoms with van der Waals surface area (Å²) >= 11 is 1.69. The van der Waals surface area contributed by atoms with Gasteiger partial charge in [-0.3, -0.25) is 4.90 Å². The summed E-state index contributed by atoms with van der Waals surface area (Å²) in [5, 5.41) is 2.05. The van der Waals surface area contributed by atoms with Gasteiger partial charge in [0.1, 0.15) is 0 Å².